The average molecular weight is 176 g/mol. The van der Waals surface area contributed by atoms with Crippen LogP contribution in [0, 0.1) is 0 Å². The molecule has 0 amide bonds. The maximum absolute atomic E-state index is 8.69. The molecule has 0 aliphatic carbocycles. The van der Waals surface area contributed by atoms with E-state index in [-0.39, 0.29) is 0 Å². The van der Waals surface area contributed by atoms with E-state index < -0.39 is 0 Å². The Morgan fingerprint density at radius 1 is 1.27 bits per heavy atom. The Morgan fingerprint density at radius 2 is 1.91 bits per heavy atom. The van der Waals surface area contributed by atoms with Gasteiger partial charge in [-0.3, -0.25) is 9.57 Å². The van der Waals surface area contributed by atoms with Crippen molar-refractivity contribution in [1.82, 2.24) is 9.57 Å². The molecule has 0 radical (unpaired) electrons. The fourth-order valence-corrected chi connectivity index (χ4v) is 1.98. The van der Waals surface area contributed by atoms with E-state index in [0.29, 0.717) is 6.61 Å². The molecular weight excluding hydrogens is 159 g/mol. The number of aliphatic hydroxyl groups is 1. The first-order valence-electron chi connectivity index (χ1n) is 4.12. The van der Waals surface area contributed by atoms with Gasteiger partial charge in [0.15, 0.2) is 0 Å². The third-order valence-corrected chi connectivity index (χ3v) is 3.18. The van der Waals surface area contributed by atoms with Crippen LogP contribution in [0.2, 0.25) is 0 Å². The van der Waals surface area contributed by atoms with Gasteiger partial charge in [0.1, 0.15) is 0 Å². The van der Waals surface area contributed by atoms with Crippen molar-refractivity contribution in [2.75, 3.05) is 46.0 Å². The van der Waals surface area contributed by atoms with Crippen LogP contribution in [-0.2, 0) is 0 Å². The first-order valence-corrected chi connectivity index (χ1v) is 5.57. The van der Waals surface area contributed by atoms with E-state index in [1.54, 1.807) is 0 Å². The largest absolute Gasteiger partial charge is 0.395 e. The van der Waals surface area contributed by atoms with Gasteiger partial charge in [0.2, 0.25) is 0 Å². The molecular formula is C7H17N2OP. The molecule has 0 saturated carbocycles. The van der Waals surface area contributed by atoms with Gasteiger partial charge >= 0.3 is 0 Å². The van der Waals surface area contributed by atoms with E-state index in [1.807, 2.05) is 0 Å². The zero-order chi connectivity index (χ0) is 8.10. The minimum Gasteiger partial charge on any atom is -0.395 e. The zero-order valence-corrected chi connectivity index (χ0v) is 8.08. The topological polar surface area (TPSA) is 26.7 Å². The summed E-state index contributed by atoms with van der Waals surface area (Å²) in [6, 6.07) is 0. The van der Waals surface area contributed by atoms with Crippen molar-refractivity contribution in [3.63, 3.8) is 0 Å². The van der Waals surface area contributed by atoms with E-state index in [0.717, 1.165) is 28.4 Å². The number of hydrogen-bond donors (Lipinski definition) is 1. The minimum atomic E-state index is 0.300. The number of nitrogens with zero attached hydrogens (tertiary/aromatic N) is 2. The molecule has 1 unspecified atom stereocenters. The molecule has 1 rings (SSSR count). The van der Waals surface area contributed by atoms with Crippen LogP contribution >= 0.6 is 8.73 Å². The van der Waals surface area contributed by atoms with Crippen LogP contribution < -0.4 is 0 Å². The van der Waals surface area contributed by atoms with Crippen LogP contribution in [0.3, 0.4) is 0 Å². The van der Waals surface area contributed by atoms with E-state index in [2.05, 4.69) is 16.2 Å². The molecule has 1 aliphatic heterocycles. The predicted molar refractivity (Wildman–Crippen MR) is 49.3 cm³/mol. The van der Waals surface area contributed by atoms with Crippen molar-refractivity contribution in [1.29, 1.82) is 0 Å². The quantitative estimate of drug-likeness (QED) is 0.604. The molecule has 1 N–H and O–H groups in total. The molecule has 0 aromatic carbocycles. The van der Waals surface area contributed by atoms with Gasteiger partial charge in [-0.05, 0) is 6.66 Å². The van der Waals surface area contributed by atoms with Crippen molar-refractivity contribution in [2.45, 2.75) is 0 Å². The van der Waals surface area contributed by atoms with Gasteiger partial charge in [-0.25, -0.2) is 0 Å². The molecule has 1 saturated heterocycles. The van der Waals surface area contributed by atoms with Crippen LogP contribution in [0.1, 0.15) is 0 Å². The van der Waals surface area contributed by atoms with E-state index in [1.165, 1.54) is 13.1 Å². The summed E-state index contributed by atoms with van der Waals surface area (Å²) in [6.07, 6.45) is 0. The van der Waals surface area contributed by atoms with Gasteiger partial charge in [-0.1, -0.05) is 8.73 Å². The monoisotopic (exact) mass is 176 g/mol. The highest BCUT2D eigenvalue weighted by Crippen LogP contribution is 2.14. The van der Waals surface area contributed by atoms with Gasteiger partial charge in [0.25, 0.3) is 0 Å². The van der Waals surface area contributed by atoms with Crippen LogP contribution in [0.4, 0.5) is 0 Å². The molecule has 1 heterocycles. The highest BCUT2D eigenvalue weighted by atomic mass is 31.1. The maximum atomic E-state index is 8.69. The molecule has 0 spiro atoms. The van der Waals surface area contributed by atoms with Crippen LogP contribution in [0.25, 0.3) is 0 Å². The maximum Gasteiger partial charge on any atom is 0.0558 e. The van der Waals surface area contributed by atoms with Crippen LogP contribution in [0.5, 0.6) is 0 Å². The Balaban J connectivity index is 2.14. The summed E-state index contributed by atoms with van der Waals surface area (Å²) >= 11 is 0. The van der Waals surface area contributed by atoms with Crippen LogP contribution in [0.15, 0.2) is 0 Å². The van der Waals surface area contributed by atoms with E-state index >= 15 is 0 Å². The third kappa shape index (κ3) is 3.04. The Kier molecular flexibility index (Phi) is 4.31. The number of piperazine rings is 1. The summed E-state index contributed by atoms with van der Waals surface area (Å²) < 4.78 is 2.47. The van der Waals surface area contributed by atoms with E-state index in [9.17, 15) is 0 Å². The first kappa shape index (κ1) is 9.40. The summed E-state index contributed by atoms with van der Waals surface area (Å²) in [5.41, 5.74) is 0. The highest BCUT2D eigenvalue weighted by molar-refractivity contribution is 7.34. The summed E-state index contributed by atoms with van der Waals surface area (Å²) in [5.74, 6) is 0. The van der Waals surface area contributed by atoms with Crippen molar-refractivity contribution < 1.29 is 5.11 Å². The third-order valence-electron chi connectivity index (χ3n) is 2.10. The molecule has 0 aromatic heterocycles. The van der Waals surface area contributed by atoms with E-state index in [4.69, 9.17) is 5.11 Å². The molecule has 1 fully saturated rings. The summed E-state index contributed by atoms with van der Waals surface area (Å²) in [7, 11) is 0.943. The fraction of sp³-hybridized carbons (Fsp3) is 1.00. The Morgan fingerprint density at radius 3 is 2.36 bits per heavy atom. The molecule has 11 heavy (non-hydrogen) atoms. The second kappa shape index (κ2) is 5.04. The minimum absolute atomic E-state index is 0.300. The lowest BCUT2D eigenvalue weighted by Crippen LogP contribution is -2.43. The predicted octanol–water partition coefficient (Wildman–Crippen LogP) is -0.180. The molecule has 0 aromatic rings. The second-order valence-corrected chi connectivity index (χ2v) is 3.86. The summed E-state index contributed by atoms with van der Waals surface area (Å²) in [5, 5.41) is 8.69. The molecule has 1 atom stereocenters. The molecule has 0 bridgehead atoms. The van der Waals surface area contributed by atoms with Gasteiger partial charge in [0.05, 0.1) is 6.61 Å². The Bertz CT molecular complexity index is 105. The van der Waals surface area contributed by atoms with Crippen molar-refractivity contribution in [3.8, 4) is 0 Å². The van der Waals surface area contributed by atoms with Crippen molar-refractivity contribution in [2.24, 2.45) is 0 Å². The van der Waals surface area contributed by atoms with Crippen LogP contribution in [-0.4, -0.2) is 60.7 Å². The molecule has 1 aliphatic rings. The number of β-amino-alcohol motifs (C(OH)–C–C–N with tert-alkyl or cyclic N) is 1. The molecule has 66 valence electrons. The number of aliphatic hydroxyl groups excluding tert-OH is 1. The molecule has 4 heteroatoms. The lowest BCUT2D eigenvalue weighted by molar-refractivity contribution is 0.155. The second-order valence-electron chi connectivity index (χ2n) is 2.78. The Hall–Kier alpha value is 0.310. The lowest BCUT2D eigenvalue weighted by atomic mass is 10.4. The summed E-state index contributed by atoms with van der Waals surface area (Å²) in [4.78, 5) is 2.32. The number of hydrogen-bond acceptors (Lipinski definition) is 3. The average Bonchev–Trinajstić information content (AvgIpc) is 2.07. The Labute approximate surface area is 70.2 Å². The fourth-order valence-electron chi connectivity index (χ4n) is 1.34. The number of rotatable bonds is 3. The normalized spacial score (nSPS) is 23.5. The van der Waals surface area contributed by atoms with Gasteiger partial charge in [0, 0.05) is 32.7 Å². The SMILES string of the molecule is CPN1CCN(CCO)CC1. The highest BCUT2D eigenvalue weighted by Gasteiger charge is 2.13. The molecule has 3 nitrogen and oxygen atoms in total. The van der Waals surface area contributed by atoms with Gasteiger partial charge in [-0.15, -0.1) is 0 Å². The smallest absolute Gasteiger partial charge is 0.0558 e. The van der Waals surface area contributed by atoms with Crippen molar-refractivity contribution in [3.05, 3.63) is 0 Å². The van der Waals surface area contributed by atoms with Gasteiger partial charge < -0.3 is 5.11 Å². The zero-order valence-electron chi connectivity index (χ0n) is 7.08. The standard InChI is InChI=1S/C7H17N2OP/c1-11-9-4-2-8(3-5-9)6-7-10/h10-11H,2-7H2,1H3. The first-order chi connectivity index (χ1) is 5.36. The van der Waals surface area contributed by atoms with Crippen molar-refractivity contribution >= 4 is 8.73 Å². The van der Waals surface area contributed by atoms with Gasteiger partial charge in [-0.2, -0.15) is 0 Å². The lowest BCUT2D eigenvalue weighted by Gasteiger charge is -2.33. The summed E-state index contributed by atoms with van der Waals surface area (Å²) in [6.45, 7) is 7.98.